The molecule has 0 bridgehead atoms. The summed E-state index contributed by atoms with van der Waals surface area (Å²) in [5.74, 6) is 1.16. The highest BCUT2D eigenvalue weighted by Gasteiger charge is 2.27. The average Bonchev–Trinajstić information content (AvgIpc) is 3.10. The lowest BCUT2D eigenvalue weighted by molar-refractivity contribution is -0.132. The van der Waals surface area contributed by atoms with Gasteiger partial charge in [-0.05, 0) is 49.1 Å². The van der Waals surface area contributed by atoms with Crippen LogP contribution >= 0.6 is 23.2 Å². The summed E-state index contributed by atoms with van der Waals surface area (Å²) in [6.07, 6.45) is 2.87. The minimum atomic E-state index is 0.178. The third-order valence-electron chi connectivity index (χ3n) is 5.13. The van der Waals surface area contributed by atoms with Gasteiger partial charge in [0.25, 0.3) is 0 Å². The zero-order chi connectivity index (χ0) is 18.8. The zero-order valence-corrected chi connectivity index (χ0v) is 16.3. The second kappa shape index (κ2) is 7.91. The van der Waals surface area contributed by atoms with Crippen LogP contribution in [0.3, 0.4) is 0 Å². The molecule has 3 aromatic rings. The number of hydrogen-bond acceptors (Lipinski definition) is 3. The summed E-state index contributed by atoms with van der Waals surface area (Å²) in [6, 6.07) is 13.2. The van der Waals surface area contributed by atoms with E-state index in [0.717, 1.165) is 53.5 Å². The van der Waals surface area contributed by atoms with E-state index >= 15 is 0 Å². The maximum Gasteiger partial charge on any atom is 0.222 e. The SMILES string of the molecule is O=C(CCc1ccccc1Cl)N1CCC(c2nc3cc(Cl)ccc3o2)CC1. The normalized spacial score (nSPS) is 15.4. The molecular weight excluding hydrogens is 383 g/mol. The van der Waals surface area contributed by atoms with E-state index in [1.807, 2.05) is 41.3 Å². The van der Waals surface area contributed by atoms with Crippen LogP contribution in [0.25, 0.3) is 11.1 Å². The number of halogens is 2. The van der Waals surface area contributed by atoms with Crippen molar-refractivity contribution in [3.8, 4) is 0 Å². The van der Waals surface area contributed by atoms with Crippen molar-refractivity contribution in [2.24, 2.45) is 0 Å². The van der Waals surface area contributed by atoms with E-state index in [-0.39, 0.29) is 11.8 Å². The molecule has 0 spiro atoms. The first-order valence-corrected chi connectivity index (χ1v) is 9.93. The molecular formula is C21H20Cl2N2O2. The molecule has 1 aromatic heterocycles. The van der Waals surface area contributed by atoms with Gasteiger partial charge in [0, 0.05) is 35.5 Å². The fourth-order valence-electron chi connectivity index (χ4n) is 3.57. The first-order chi connectivity index (χ1) is 13.1. The Morgan fingerprint density at radius 3 is 2.70 bits per heavy atom. The lowest BCUT2D eigenvalue weighted by Gasteiger charge is -2.30. The van der Waals surface area contributed by atoms with Gasteiger partial charge in [-0.1, -0.05) is 41.4 Å². The summed E-state index contributed by atoms with van der Waals surface area (Å²) in [5, 5.41) is 1.38. The van der Waals surface area contributed by atoms with Crippen LogP contribution in [0.15, 0.2) is 46.9 Å². The number of rotatable bonds is 4. The molecule has 2 aromatic carbocycles. The van der Waals surface area contributed by atoms with Gasteiger partial charge in [0.05, 0.1) is 0 Å². The fraction of sp³-hybridized carbons (Fsp3) is 0.333. The average molecular weight is 403 g/mol. The van der Waals surface area contributed by atoms with Crippen molar-refractivity contribution in [1.82, 2.24) is 9.88 Å². The number of likely N-dealkylation sites (tertiary alicyclic amines) is 1. The van der Waals surface area contributed by atoms with Gasteiger partial charge in [-0.25, -0.2) is 4.98 Å². The molecule has 1 fully saturated rings. The number of amides is 1. The number of fused-ring (bicyclic) bond motifs is 1. The maximum absolute atomic E-state index is 12.5. The van der Waals surface area contributed by atoms with Crippen LogP contribution in [-0.4, -0.2) is 28.9 Å². The Bertz CT molecular complexity index is 962. The second-order valence-electron chi connectivity index (χ2n) is 6.91. The fourth-order valence-corrected chi connectivity index (χ4v) is 3.97. The summed E-state index contributed by atoms with van der Waals surface area (Å²) in [6.45, 7) is 1.46. The van der Waals surface area contributed by atoms with Gasteiger partial charge in [0.2, 0.25) is 5.91 Å². The van der Waals surface area contributed by atoms with E-state index in [1.54, 1.807) is 6.07 Å². The van der Waals surface area contributed by atoms with Crippen molar-refractivity contribution in [3.63, 3.8) is 0 Å². The Balaban J connectivity index is 1.34. The Labute approximate surface area is 168 Å². The molecule has 1 saturated heterocycles. The molecule has 6 heteroatoms. The number of carbonyl (C=O) groups excluding carboxylic acids is 1. The summed E-state index contributed by atoms with van der Waals surface area (Å²) in [5.41, 5.74) is 2.57. The second-order valence-corrected chi connectivity index (χ2v) is 7.75. The maximum atomic E-state index is 12.5. The standard InChI is InChI=1S/C21H20Cl2N2O2/c22-16-6-7-19-18(13-16)24-21(27-19)15-9-11-25(12-10-15)20(26)8-5-14-3-1-2-4-17(14)23/h1-4,6-7,13,15H,5,8-12H2. The Kier molecular flexibility index (Phi) is 5.37. The molecule has 0 atom stereocenters. The lowest BCUT2D eigenvalue weighted by Crippen LogP contribution is -2.38. The molecule has 2 heterocycles. The number of piperidine rings is 1. The first-order valence-electron chi connectivity index (χ1n) is 9.17. The summed E-state index contributed by atoms with van der Waals surface area (Å²) in [7, 11) is 0. The topological polar surface area (TPSA) is 46.3 Å². The van der Waals surface area contributed by atoms with E-state index in [1.165, 1.54) is 0 Å². The van der Waals surface area contributed by atoms with Crippen molar-refractivity contribution >= 4 is 40.2 Å². The molecule has 1 aliphatic heterocycles. The van der Waals surface area contributed by atoms with Crippen molar-refractivity contribution in [1.29, 1.82) is 0 Å². The molecule has 4 nitrogen and oxygen atoms in total. The van der Waals surface area contributed by atoms with Gasteiger partial charge in [0.15, 0.2) is 11.5 Å². The minimum absolute atomic E-state index is 0.178. The Morgan fingerprint density at radius 1 is 1.15 bits per heavy atom. The molecule has 27 heavy (non-hydrogen) atoms. The Hall–Kier alpha value is -2.04. The van der Waals surface area contributed by atoms with Gasteiger partial charge in [-0.2, -0.15) is 0 Å². The van der Waals surface area contributed by atoms with Crippen LogP contribution in [0.1, 0.15) is 36.6 Å². The zero-order valence-electron chi connectivity index (χ0n) is 14.8. The molecule has 0 N–H and O–H groups in total. The number of nitrogens with zero attached hydrogens (tertiary/aromatic N) is 2. The third kappa shape index (κ3) is 4.12. The van der Waals surface area contributed by atoms with Crippen LogP contribution in [0.4, 0.5) is 0 Å². The number of hydrogen-bond donors (Lipinski definition) is 0. The number of aromatic nitrogens is 1. The molecule has 0 radical (unpaired) electrons. The minimum Gasteiger partial charge on any atom is -0.440 e. The molecule has 1 amide bonds. The van der Waals surface area contributed by atoms with Crippen molar-refractivity contribution in [2.75, 3.05) is 13.1 Å². The summed E-state index contributed by atoms with van der Waals surface area (Å²) in [4.78, 5) is 19.1. The third-order valence-corrected chi connectivity index (χ3v) is 5.73. The summed E-state index contributed by atoms with van der Waals surface area (Å²) >= 11 is 12.2. The van der Waals surface area contributed by atoms with E-state index in [2.05, 4.69) is 4.98 Å². The first kappa shape index (κ1) is 18.3. The van der Waals surface area contributed by atoms with Gasteiger partial charge >= 0.3 is 0 Å². The lowest BCUT2D eigenvalue weighted by atomic mass is 9.96. The van der Waals surface area contributed by atoms with E-state index in [0.29, 0.717) is 17.9 Å². The van der Waals surface area contributed by atoms with E-state index in [4.69, 9.17) is 27.6 Å². The van der Waals surface area contributed by atoms with Gasteiger partial charge in [-0.15, -0.1) is 0 Å². The number of aryl methyl sites for hydroxylation is 1. The molecule has 140 valence electrons. The van der Waals surface area contributed by atoms with Crippen molar-refractivity contribution in [3.05, 3.63) is 64.0 Å². The van der Waals surface area contributed by atoms with Crippen LogP contribution in [0.2, 0.25) is 10.0 Å². The largest absolute Gasteiger partial charge is 0.440 e. The van der Waals surface area contributed by atoms with Crippen LogP contribution in [0.5, 0.6) is 0 Å². The van der Waals surface area contributed by atoms with Crippen LogP contribution in [0, 0.1) is 0 Å². The molecule has 1 aliphatic rings. The predicted molar refractivity (Wildman–Crippen MR) is 107 cm³/mol. The number of oxazole rings is 1. The quantitative estimate of drug-likeness (QED) is 0.580. The van der Waals surface area contributed by atoms with Crippen molar-refractivity contribution < 1.29 is 9.21 Å². The molecule has 0 aliphatic carbocycles. The van der Waals surface area contributed by atoms with Crippen molar-refractivity contribution in [2.45, 2.75) is 31.6 Å². The highest BCUT2D eigenvalue weighted by Crippen LogP contribution is 2.31. The van der Waals surface area contributed by atoms with Crippen LogP contribution in [-0.2, 0) is 11.2 Å². The highest BCUT2D eigenvalue weighted by molar-refractivity contribution is 6.31. The van der Waals surface area contributed by atoms with Crippen LogP contribution < -0.4 is 0 Å². The van der Waals surface area contributed by atoms with Gasteiger partial charge < -0.3 is 9.32 Å². The van der Waals surface area contributed by atoms with Gasteiger partial charge in [-0.3, -0.25) is 4.79 Å². The molecule has 4 rings (SSSR count). The molecule has 0 saturated carbocycles. The van der Waals surface area contributed by atoms with E-state index in [9.17, 15) is 4.79 Å². The highest BCUT2D eigenvalue weighted by atomic mass is 35.5. The molecule has 0 unspecified atom stereocenters. The monoisotopic (exact) mass is 402 g/mol. The summed E-state index contributed by atoms with van der Waals surface area (Å²) < 4.78 is 5.89. The number of benzene rings is 2. The smallest absolute Gasteiger partial charge is 0.222 e. The van der Waals surface area contributed by atoms with Gasteiger partial charge in [0.1, 0.15) is 5.52 Å². The van der Waals surface area contributed by atoms with E-state index < -0.39 is 0 Å². The predicted octanol–water partition coefficient (Wildman–Crippen LogP) is 5.47. The number of carbonyl (C=O) groups is 1. The Morgan fingerprint density at radius 2 is 1.93 bits per heavy atom.